The minimum atomic E-state index is -0.291. The summed E-state index contributed by atoms with van der Waals surface area (Å²) in [6.45, 7) is 5.18. The van der Waals surface area contributed by atoms with E-state index in [4.69, 9.17) is 0 Å². The summed E-state index contributed by atoms with van der Waals surface area (Å²) < 4.78 is 0. The summed E-state index contributed by atoms with van der Waals surface area (Å²) in [5, 5.41) is 8.56. The van der Waals surface area contributed by atoms with E-state index < -0.39 is 0 Å². The number of amides is 1. The molecule has 6 nitrogen and oxygen atoms in total. The first-order valence-electron chi connectivity index (χ1n) is 8.72. The molecule has 0 fully saturated rings. The number of aldehydes is 1. The van der Waals surface area contributed by atoms with Crippen molar-refractivity contribution in [3.05, 3.63) is 0 Å². The first-order valence-corrected chi connectivity index (χ1v) is 8.72. The average Bonchev–Trinajstić information content (AvgIpc) is 2.57. The fraction of sp³-hybridized carbons (Fsp3) is 0.882. The molecule has 0 aromatic heterocycles. The Kier molecular flexibility index (Phi) is 20.1. The Morgan fingerprint density at radius 2 is 1.61 bits per heavy atom. The minimum Gasteiger partial charge on any atom is -0.359 e. The van der Waals surface area contributed by atoms with E-state index in [9.17, 15) is 9.59 Å². The highest BCUT2D eigenvalue weighted by Gasteiger charge is 2.16. The third-order valence-corrected chi connectivity index (χ3v) is 3.64. The van der Waals surface area contributed by atoms with Crippen molar-refractivity contribution in [1.82, 2.24) is 20.9 Å². The van der Waals surface area contributed by atoms with Crippen molar-refractivity contribution in [3.8, 4) is 0 Å². The van der Waals surface area contributed by atoms with E-state index >= 15 is 0 Å². The Morgan fingerprint density at radius 1 is 1.04 bits per heavy atom. The SMILES string of the molecule is CCCCCCCN(C)C(C=O)CC(=O)NC.CNCCNC. The largest absolute Gasteiger partial charge is 0.359 e. The Hall–Kier alpha value is -0.980. The van der Waals surface area contributed by atoms with Gasteiger partial charge in [0.25, 0.3) is 0 Å². The topological polar surface area (TPSA) is 73.5 Å². The van der Waals surface area contributed by atoms with Gasteiger partial charge in [0.05, 0.1) is 6.04 Å². The maximum absolute atomic E-state index is 11.2. The molecule has 0 aliphatic carbocycles. The summed E-state index contributed by atoms with van der Waals surface area (Å²) in [5.41, 5.74) is 0. The highest BCUT2D eigenvalue weighted by atomic mass is 16.1. The molecule has 0 saturated carbocycles. The van der Waals surface area contributed by atoms with Crippen LogP contribution in [-0.4, -0.2) is 71.0 Å². The van der Waals surface area contributed by atoms with Gasteiger partial charge < -0.3 is 20.7 Å². The molecular weight excluding hydrogens is 292 g/mol. The Bertz CT molecular complexity index is 271. The fourth-order valence-electron chi connectivity index (χ4n) is 1.98. The standard InChI is InChI=1S/C13H26N2O2.C4H12N2/c1-4-5-6-7-8-9-15(3)12(11-16)10-13(17)14-2;1-5-3-4-6-2/h11-12H,4-10H2,1-3H3,(H,14,17);5-6H,3-4H2,1-2H3. The lowest BCUT2D eigenvalue weighted by Crippen LogP contribution is -2.38. The van der Waals surface area contributed by atoms with Crippen LogP contribution in [0.4, 0.5) is 0 Å². The predicted octanol–water partition coefficient (Wildman–Crippen LogP) is 1.02. The van der Waals surface area contributed by atoms with Gasteiger partial charge in [-0.1, -0.05) is 32.6 Å². The lowest BCUT2D eigenvalue weighted by atomic mass is 10.1. The highest BCUT2D eigenvalue weighted by Crippen LogP contribution is 2.06. The van der Waals surface area contributed by atoms with Gasteiger partial charge in [0.1, 0.15) is 6.29 Å². The quantitative estimate of drug-likeness (QED) is 0.347. The molecule has 0 aliphatic heterocycles. The second kappa shape index (κ2) is 19.1. The van der Waals surface area contributed by atoms with Gasteiger partial charge in [0, 0.05) is 26.6 Å². The number of carbonyl (C=O) groups excluding carboxylic acids is 2. The third-order valence-electron chi connectivity index (χ3n) is 3.64. The lowest BCUT2D eigenvalue weighted by Gasteiger charge is -2.22. The molecule has 6 heteroatoms. The van der Waals surface area contributed by atoms with Crippen molar-refractivity contribution >= 4 is 12.2 Å². The molecule has 0 heterocycles. The van der Waals surface area contributed by atoms with Gasteiger partial charge in [-0.15, -0.1) is 0 Å². The second-order valence-corrected chi connectivity index (χ2v) is 5.68. The summed E-state index contributed by atoms with van der Waals surface area (Å²) in [4.78, 5) is 24.1. The van der Waals surface area contributed by atoms with E-state index in [1.165, 1.54) is 25.7 Å². The van der Waals surface area contributed by atoms with Crippen molar-refractivity contribution in [2.75, 3.05) is 47.8 Å². The molecule has 0 radical (unpaired) electrons. The molecule has 0 saturated heterocycles. The van der Waals surface area contributed by atoms with Crippen LogP contribution in [0.1, 0.15) is 45.4 Å². The molecule has 1 amide bonds. The van der Waals surface area contributed by atoms with Crippen LogP contribution in [0.5, 0.6) is 0 Å². The number of nitrogens with zero attached hydrogens (tertiary/aromatic N) is 1. The van der Waals surface area contributed by atoms with Crippen molar-refractivity contribution in [1.29, 1.82) is 0 Å². The first-order chi connectivity index (χ1) is 11.1. The van der Waals surface area contributed by atoms with Crippen LogP contribution in [0.25, 0.3) is 0 Å². The van der Waals surface area contributed by atoms with Crippen LogP contribution in [-0.2, 0) is 9.59 Å². The van der Waals surface area contributed by atoms with Gasteiger partial charge in [-0.2, -0.15) is 0 Å². The first kappa shape index (κ1) is 24.3. The van der Waals surface area contributed by atoms with Crippen molar-refractivity contribution in [2.24, 2.45) is 0 Å². The van der Waals surface area contributed by atoms with Crippen LogP contribution in [0.2, 0.25) is 0 Å². The minimum absolute atomic E-state index is 0.0834. The second-order valence-electron chi connectivity index (χ2n) is 5.68. The van der Waals surface area contributed by atoms with Crippen molar-refractivity contribution in [3.63, 3.8) is 0 Å². The molecule has 0 rings (SSSR count). The van der Waals surface area contributed by atoms with E-state index in [0.717, 1.165) is 32.3 Å². The number of hydrogen-bond acceptors (Lipinski definition) is 5. The maximum Gasteiger partial charge on any atom is 0.221 e. The number of likely N-dealkylation sites (N-methyl/N-ethyl adjacent to an activating group) is 3. The smallest absolute Gasteiger partial charge is 0.221 e. The molecule has 1 unspecified atom stereocenters. The van der Waals surface area contributed by atoms with E-state index in [2.05, 4.69) is 22.9 Å². The van der Waals surface area contributed by atoms with Crippen LogP contribution < -0.4 is 16.0 Å². The Balaban J connectivity index is 0. The molecule has 0 spiro atoms. The van der Waals surface area contributed by atoms with Crippen LogP contribution >= 0.6 is 0 Å². The van der Waals surface area contributed by atoms with Crippen LogP contribution in [0.15, 0.2) is 0 Å². The molecule has 0 aliphatic rings. The van der Waals surface area contributed by atoms with E-state index in [0.29, 0.717) is 0 Å². The van der Waals surface area contributed by atoms with Gasteiger partial charge in [0.2, 0.25) is 5.91 Å². The summed E-state index contributed by atoms with van der Waals surface area (Å²) in [7, 11) is 7.38. The maximum atomic E-state index is 11.2. The van der Waals surface area contributed by atoms with Crippen molar-refractivity contribution in [2.45, 2.75) is 51.5 Å². The zero-order chi connectivity index (χ0) is 17.9. The Labute approximate surface area is 142 Å². The number of unbranched alkanes of at least 4 members (excludes halogenated alkanes) is 4. The molecule has 0 aromatic carbocycles. The molecule has 1 atom stereocenters. The Morgan fingerprint density at radius 3 is 2.04 bits per heavy atom. The number of carbonyl (C=O) groups is 2. The molecule has 0 aromatic rings. The number of hydrogen-bond donors (Lipinski definition) is 3. The van der Waals surface area contributed by atoms with Crippen molar-refractivity contribution < 1.29 is 9.59 Å². The van der Waals surface area contributed by atoms with Gasteiger partial charge in [-0.05, 0) is 34.1 Å². The summed E-state index contributed by atoms with van der Waals surface area (Å²) in [6, 6.07) is -0.291. The number of nitrogens with one attached hydrogen (secondary N) is 3. The van der Waals surface area contributed by atoms with Crippen LogP contribution in [0, 0.1) is 0 Å². The predicted molar refractivity (Wildman–Crippen MR) is 97.8 cm³/mol. The molecule has 138 valence electrons. The fourth-order valence-corrected chi connectivity index (χ4v) is 1.98. The van der Waals surface area contributed by atoms with E-state index in [1.807, 2.05) is 26.0 Å². The molecule has 3 N–H and O–H groups in total. The molecule has 0 bridgehead atoms. The average molecular weight is 331 g/mol. The molecule has 23 heavy (non-hydrogen) atoms. The molecular formula is C17H38N4O2. The van der Waals surface area contributed by atoms with Gasteiger partial charge >= 0.3 is 0 Å². The number of rotatable bonds is 13. The lowest BCUT2D eigenvalue weighted by molar-refractivity contribution is -0.124. The third kappa shape index (κ3) is 17.2. The normalized spacial score (nSPS) is 11.6. The van der Waals surface area contributed by atoms with E-state index in [1.54, 1.807) is 7.05 Å². The van der Waals surface area contributed by atoms with Crippen LogP contribution in [0.3, 0.4) is 0 Å². The zero-order valence-electron chi connectivity index (χ0n) is 15.8. The van der Waals surface area contributed by atoms with E-state index in [-0.39, 0.29) is 18.4 Å². The summed E-state index contributed by atoms with van der Waals surface area (Å²) in [5.74, 6) is -0.0834. The monoisotopic (exact) mass is 330 g/mol. The highest BCUT2D eigenvalue weighted by molar-refractivity contribution is 5.79. The van der Waals surface area contributed by atoms with Gasteiger partial charge in [-0.3, -0.25) is 9.69 Å². The zero-order valence-corrected chi connectivity index (χ0v) is 15.8. The summed E-state index contributed by atoms with van der Waals surface area (Å²) >= 11 is 0. The summed E-state index contributed by atoms with van der Waals surface area (Å²) in [6.07, 6.45) is 7.18. The van der Waals surface area contributed by atoms with Gasteiger partial charge in [0.15, 0.2) is 0 Å². The van der Waals surface area contributed by atoms with Gasteiger partial charge in [-0.25, -0.2) is 0 Å².